The van der Waals surface area contributed by atoms with Crippen molar-refractivity contribution < 1.29 is 18.0 Å². The number of hydrogen-bond acceptors (Lipinski definition) is 5. The molecular formula is C22H34N2O4S. The van der Waals surface area contributed by atoms with Crippen LogP contribution in [0.15, 0.2) is 41.8 Å². The number of rotatable bonds is 7. The minimum Gasteiger partial charge on any atom is -0.285 e. The van der Waals surface area contributed by atoms with Gasteiger partial charge in [-0.1, -0.05) is 23.8 Å². The summed E-state index contributed by atoms with van der Waals surface area (Å²) in [6.07, 6.45) is 3.41. The van der Waals surface area contributed by atoms with Gasteiger partial charge in [-0.3, -0.25) is 9.63 Å². The largest absolute Gasteiger partial charge is 0.285 e. The van der Waals surface area contributed by atoms with Crippen LogP contribution in [0, 0.1) is 6.92 Å². The molecule has 6 nitrogen and oxygen atoms in total. The molecule has 1 fully saturated rings. The number of nitrogens with zero attached hydrogens (tertiary/aromatic N) is 2. The summed E-state index contributed by atoms with van der Waals surface area (Å²) < 4.78 is 27.1. The van der Waals surface area contributed by atoms with E-state index in [1.165, 1.54) is 18.2 Å². The second kappa shape index (κ2) is 8.58. The maximum absolute atomic E-state index is 13.2. The standard InChI is InChI=1S/C22H34N2O4S/c1-8-16-23(29(26,27)19-12-10-17(2)11-13-19)20(25)18(3)28-24-21(4,5)14-9-15-22(24,6)7/h8,10-13,18H,1,9,14-16H2,2-7H3. The van der Waals surface area contributed by atoms with Gasteiger partial charge < -0.3 is 0 Å². The van der Waals surface area contributed by atoms with E-state index in [4.69, 9.17) is 4.84 Å². The van der Waals surface area contributed by atoms with Crippen LogP contribution in [0.3, 0.4) is 0 Å². The third-order valence-electron chi connectivity index (χ3n) is 5.44. The maximum atomic E-state index is 13.2. The van der Waals surface area contributed by atoms with Crippen LogP contribution >= 0.6 is 0 Å². The van der Waals surface area contributed by atoms with Crippen LogP contribution in [-0.2, 0) is 19.7 Å². The molecule has 1 aromatic carbocycles. The van der Waals surface area contributed by atoms with Crippen LogP contribution in [0.1, 0.15) is 59.4 Å². The zero-order valence-corrected chi connectivity index (χ0v) is 19.3. The maximum Gasteiger partial charge on any atom is 0.267 e. The fourth-order valence-electron chi connectivity index (χ4n) is 3.93. The molecule has 1 heterocycles. The van der Waals surface area contributed by atoms with E-state index >= 15 is 0 Å². The number of benzene rings is 1. The van der Waals surface area contributed by atoms with E-state index in [-0.39, 0.29) is 22.5 Å². The molecule has 1 aliphatic rings. The van der Waals surface area contributed by atoms with Gasteiger partial charge >= 0.3 is 0 Å². The van der Waals surface area contributed by atoms with Gasteiger partial charge in [-0.15, -0.1) is 6.58 Å². The zero-order valence-electron chi connectivity index (χ0n) is 18.4. The Kier molecular flexibility index (Phi) is 6.97. The van der Waals surface area contributed by atoms with Crippen molar-refractivity contribution in [3.8, 4) is 0 Å². The number of hydroxylamine groups is 2. The van der Waals surface area contributed by atoms with Gasteiger partial charge in [0.15, 0.2) is 6.10 Å². The Morgan fingerprint density at radius 2 is 1.72 bits per heavy atom. The van der Waals surface area contributed by atoms with E-state index in [2.05, 4.69) is 34.3 Å². The van der Waals surface area contributed by atoms with E-state index in [9.17, 15) is 13.2 Å². The van der Waals surface area contributed by atoms with E-state index in [1.807, 2.05) is 12.0 Å². The van der Waals surface area contributed by atoms with Gasteiger partial charge in [0.25, 0.3) is 15.9 Å². The third-order valence-corrected chi connectivity index (χ3v) is 7.21. The predicted octanol–water partition coefficient (Wildman–Crippen LogP) is 4.06. The SMILES string of the molecule is C=CCN(C(=O)C(C)ON1C(C)(C)CCCC1(C)C)S(=O)(=O)c1ccc(C)cc1. The van der Waals surface area contributed by atoms with Crippen LogP contribution < -0.4 is 0 Å². The summed E-state index contributed by atoms with van der Waals surface area (Å²) in [5.74, 6) is -0.609. The molecule has 29 heavy (non-hydrogen) atoms. The molecule has 1 amide bonds. The van der Waals surface area contributed by atoms with Crippen molar-refractivity contribution in [2.75, 3.05) is 6.54 Å². The minimum absolute atomic E-state index is 0.0733. The normalized spacial score (nSPS) is 20.1. The summed E-state index contributed by atoms with van der Waals surface area (Å²) in [7, 11) is -4.01. The molecule has 0 aliphatic carbocycles. The molecule has 1 unspecified atom stereocenters. The summed E-state index contributed by atoms with van der Waals surface area (Å²) in [6.45, 7) is 15.3. The lowest BCUT2D eigenvalue weighted by Crippen LogP contribution is -2.60. The van der Waals surface area contributed by atoms with Gasteiger partial charge in [0.1, 0.15) is 0 Å². The fraction of sp³-hybridized carbons (Fsp3) is 0.591. The second-order valence-corrected chi connectivity index (χ2v) is 10.9. The van der Waals surface area contributed by atoms with Crippen LogP contribution in [-0.4, -0.2) is 47.4 Å². The van der Waals surface area contributed by atoms with Crippen LogP contribution in [0.4, 0.5) is 0 Å². The highest BCUT2D eigenvalue weighted by Gasteiger charge is 2.44. The first-order chi connectivity index (χ1) is 13.3. The first kappa shape index (κ1) is 23.6. The fourth-order valence-corrected chi connectivity index (χ4v) is 5.35. The summed E-state index contributed by atoms with van der Waals surface area (Å²) in [6, 6.07) is 6.44. The van der Waals surface area contributed by atoms with Crippen molar-refractivity contribution >= 4 is 15.9 Å². The predicted molar refractivity (Wildman–Crippen MR) is 115 cm³/mol. The highest BCUT2D eigenvalue weighted by Crippen LogP contribution is 2.39. The summed E-state index contributed by atoms with van der Waals surface area (Å²) in [5, 5.41) is 1.87. The van der Waals surface area contributed by atoms with Gasteiger partial charge in [0.2, 0.25) is 0 Å². The number of carbonyl (C=O) groups is 1. The average molecular weight is 423 g/mol. The lowest BCUT2D eigenvalue weighted by Gasteiger charge is -2.52. The smallest absolute Gasteiger partial charge is 0.267 e. The van der Waals surface area contributed by atoms with E-state index < -0.39 is 22.0 Å². The molecule has 0 spiro atoms. The molecule has 0 radical (unpaired) electrons. The van der Waals surface area contributed by atoms with Crippen molar-refractivity contribution in [1.29, 1.82) is 0 Å². The Bertz CT molecular complexity index is 828. The van der Waals surface area contributed by atoms with Gasteiger partial charge in [-0.05, 0) is 72.9 Å². The second-order valence-electron chi connectivity index (χ2n) is 9.00. The van der Waals surface area contributed by atoms with Crippen LogP contribution in [0.2, 0.25) is 0 Å². The summed E-state index contributed by atoms with van der Waals surface area (Å²) >= 11 is 0. The van der Waals surface area contributed by atoms with Crippen molar-refractivity contribution in [2.45, 2.75) is 82.9 Å². The van der Waals surface area contributed by atoms with E-state index in [0.717, 1.165) is 29.1 Å². The van der Waals surface area contributed by atoms with Crippen molar-refractivity contribution in [2.24, 2.45) is 0 Å². The molecule has 0 bridgehead atoms. The Morgan fingerprint density at radius 1 is 1.21 bits per heavy atom. The monoisotopic (exact) mass is 422 g/mol. The number of carbonyl (C=O) groups excluding carboxylic acids is 1. The summed E-state index contributed by atoms with van der Waals surface area (Å²) in [4.78, 5) is 19.3. The molecule has 162 valence electrons. The Morgan fingerprint density at radius 3 is 2.21 bits per heavy atom. The third kappa shape index (κ3) is 5.08. The lowest BCUT2D eigenvalue weighted by molar-refractivity contribution is -0.296. The topological polar surface area (TPSA) is 66.9 Å². The van der Waals surface area contributed by atoms with Crippen molar-refractivity contribution in [1.82, 2.24) is 9.37 Å². The van der Waals surface area contributed by atoms with Crippen LogP contribution in [0.25, 0.3) is 0 Å². The van der Waals surface area contributed by atoms with Gasteiger partial charge in [-0.2, -0.15) is 5.06 Å². The lowest BCUT2D eigenvalue weighted by atomic mass is 9.82. The van der Waals surface area contributed by atoms with Gasteiger partial charge in [0.05, 0.1) is 11.4 Å². The summed E-state index contributed by atoms with van der Waals surface area (Å²) in [5.41, 5.74) is 0.432. The molecule has 0 N–H and O–H groups in total. The van der Waals surface area contributed by atoms with E-state index in [0.29, 0.717) is 0 Å². The highest BCUT2D eigenvalue weighted by molar-refractivity contribution is 7.89. The molecule has 7 heteroatoms. The Hall–Kier alpha value is -1.70. The Balaban J connectivity index is 2.30. The number of amides is 1. The van der Waals surface area contributed by atoms with Crippen LogP contribution in [0.5, 0.6) is 0 Å². The molecule has 1 atom stereocenters. The highest BCUT2D eigenvalue weighted by atomic mass is 32.2. The zero-order chi connectivity index (χ0) is 22.0. The molecule has 1 aliphatic heterocycles. The first-order valence-electron chi connectivity index (χ1n) is 10.0. The van der Waals surface area contributed by atoms with E-state index in [1.54, 1.807) is 19.1 Å². The number of hydrogen-bond donors (Lipinski definition) is 0. The van der Waals surface area contributed by atoms with Crippen molar-refractivity contribution in [3.63, 3.8) is 0 Å². The van der Waals surface area contributed by atoms with Crippen molar-refractivity contribution in [3.05, 3.63) is 42.5 Å². The van der Waals surface area contributed by atoms with Gasteiger partial charge in [-0.25, -0.2) is 12.7 Å². The quantitative estimate of drug-likeness (QED) is 0.620. The molecule has 0 aromatic heterocycles. The minimum atomic E-state index is -4.01. The molecule has 1 aromatic rings. The molecule has 2 rings (SSSR count). The first-order valence-corrected chi connectivity index (χ1v) is 11.5. The average Bonchev–Trinajstić information content (AvgIpc) is 2.62. The molecule has 0 saturated carbocycles. The number of piperidine rings is 1. The number of aryl methyl sites for hydroxylation is 1. The molecule has 1 saturated heterocycles. The molecular weight excluding hydrogens is 388 g/mol. The Labute approximate surface area is 175 Å². The number of sulfonamides is 1. The van der Waals surface area contributed by atoms with Gasteiger partial charge in [0, 0.05) is 11.1 Å².